The average Bonchev–Trinajstić information content (AvgIpc) is 3.04. The molecule has 0 bridgehead atoms. The van der Waals surface area contributed by atoms with Gasteiger partial charge in [-0.3, -0.25) is 4.90 Å². The number of nitrogens with zero attached hydrogens (tertiary/aromatic N) is 3. The maximum atomic E-state index is 5.69. The first-order valence-corrected chi connectivity index (χ1v) is 8.04. The Bertz CT molecular complexity index is 691. The maximum Gasteiger partial charge on any atom is 0.230 e. The van der Waals surface area contributed by atoms with Crippen molar-refractivity contribution in [2.45, 2.75) is 32.7 Å². The van der Waals surface area contributed by atoms with Crippen LogP contribution in [0, 0.1) is 0 Å². The molecule has 0 radical (unpaired) electrons. The van der Waals surface area contributed by atoms with E-state index < -0.39 is 0 Å². The van der Waals surface area contributed by atoms with Crippen LogP contribution in [-0.2, 0) is 6.54 Å². The highest BCUT2D eigenvalue weighted by Gasteiger charge is 2.17. The minimum Gasteiger partial charge on any atom is -0.497 e. The molecule has 0 saturated carbocycles. The Labute approximate surface area is 137 Å². The Morgan fingerprint density at radius 1 is 1.30 bits per heavy atom. The molecule has 1 aliphatic heterocycles. The summed E-state index contributed by atoms with van der Waals surface area (Å²) in [5.41, 5.74) is 2.61. The van der Waals surface area contributed by atoms with E-state index in [-0.39, 0.29) is 5.92 Å². The topological polar surface area (TPSA) is 51.4 Å². The van der Waals surface area contributed by atoms with E-state index in [4.69, 9.17) is 9.15 Å². The van der Waals surface area contributed by atoms with Crippen molar-refractivity contribution < 1.29 is 9.15 Å². The minimum atomic E-state index is 0.275. The van der Waals surface area contributed by atoms with E-state index in [1.54, 1.807) is 7.11 Å². The average molecular weight is 313 g/mol. The first kappa shape index (κ1) is 15.7. The SMILES string of the molecule is COc1cccc(C2=CCN(Cc3nnc(C(C)C)o3)CC2)c1. The van der Waals surface area contributed by atoms with E-state index in [2.05, 4.69) is 47.2 Å². The summed E-state index contributed by atoms with van der Waals surface area (Å²) >= 11 is 0. The Morgan fingerprint density at radius 3 is 2.83 bits per heavy atom. The third kappa shape index (κ3) is 3.79. The van der Waals surface area contributed by atoms with Crippen LogP contribution < -0.4 is 4.74 Å². The molecule has 3 rings (SSSR count). The number of ether oxygens (including phenoxy) is 1. The van der Waals surface area contributed by atoms with E-state index >= 15 is 0 Å². The van der Waals surface area contributed by atoms with Gasteiger partial charge in [-0.1, -0.05) is 32.1 Å². The van der Waals surface area contributed by atoms with Crippen molar-refractivity contribution in [1.82, 2.24) is 15.1 Å². The van der Waals surface area contributed by atoms with Crippen molar-refractivity contribution in [3.63, 3.8) is 0 Å². The zero-order valence-corrected chi connectivity index (χ0v) is 14.0. The van der Waals surface area contributed by atoms with Crippen molar-refractivity contribution in [1.29, 1.82) is 0 Å². The number of hydrogen-bond acceptors (Lipinski definition) is 5. The molecule has 0 saturated heterocycles. The molecule has 1 aliphatic rings. The van der Waals surface area contributed by atoms with Crippen LogP contribution in [0.3, 0.4) is 0 Å². The van der Waals surface area contributed by atoms with E-state index in [1.807, 2.05) is 12.1 Å². The molecule has 1 aromatic carbocycles. The highest BCUT2D eigenvalue weighted by Crippen LogP contribution is 2.26. The van der Waals surface area contributed by atoms with Crippen LogP contribution in [0.5, 0.6) is 5.75 Å². The highest BCUT2D eigenvalue weighted by molar-refractivity contribution is 5.67. The summed E-state index contributed by atoms with van der Waals surface area (Å²) in [7, 11) is 1.70. The summed E-state index contributed by atoms with van der Waals surface area (Å²) in [5, 5.41) is 8.23. The summed E-state index contributed by atoms with van der Waals surface area (Å²) < 4.78 is 11.0. The fourth-order valence-electron chi connectivity index (χ4n) is 2.69. The van der Waals surface area contributed by atoms with Crippen molar-refractivity contribution in [3.8, 4) is 5.75 Å². The minimum absolute atomic E-state index is 0.275. The highest BCUT2D eigenvalue weighted by atomic mass is 16.5. The van der Waals surface area contributed by atoms with Crippen LogP contribution >= 0.6 is 0 Å². The maximum absolute atomic E-state index is 5.69. The molecule has 0 aliphatic carbocycles. The lowest BCUT2D eigenvalue weighted by molar-refractivity contribution is 0.257. The first-order chi connectivity index (χ1) is 11.2. The lowest BCUT2D eigenvalue weighted by atomic mass is 9.99. The van der Waals surface area contributed by atoms with Crippen molar-refractivity contribution in [3.05, 3.63) is 47.7 Å². The Morgan fingerprint density at radius 2 is 2.17 bits per heavy atom. The normalized spacial score (nSPS) is 15.7. The smallest absolute Gasteiger partial charge is 0.230 e. The monoisotopic (exact) mass is 313 g/mol. The molecule has 0 atom stereocenters. The number of rotatable bonds is 5. The number of aromatic nitrogens is 2. The van der Waals surface area contributed by atoms with Gasteiger partial charge in [0.1, 0.15) is 5.75 Å². The van der Waals surface area contributed by atoms with E-state index in [0.717, 1.165) is 25.3 Å². The second-order valence-electron chi connectivity index (χ2n) is 6.14. The summed E-state index contributed by atoms with van der Waals surface area (Å²) in [4.78, 5) is 2.32. The second-order valence-corrected chi connectivity index (χ2v) is 6.14. The van der Waals surface area contributed by atoms with E-state index in [0.29, 0.717) is 18.3 Å². The van der Waals surface area contributed by atoms with E-state index in [9.17, 15) is 0 Å². The lowest BCUT2D eigenvalue weighted by Crippen LogP contribution is -2.28. The molecule has 0 amide bonds. The molecule has 0 N–H and O–H groups in total. The summed E-state index contributed by atoms with van der Waals surface area (Å²) in [6, 6.07) is 8.24. The van der Waals surface area contributed by atoms with Crippen LogP contribution in [0.2, 0.25) is 0 Å². The number of methoxy groups -OCH3 is 1. The molecule has 0 spiro atoms. The molecular weight excluding hydrogens is 290 g/mol. The molecule has 1 aromatic heterocycles. The molecule has 2 heterocycles. The molecule has 0 unspecified atom stereocenters. The van der Waals surface area contributed by atoms with Crippen LogP contribution in [0.25, 0.3) is 5.57 Å². The molecule has 0 fully saturated rings. The van der Waals surface area contributed by atoms with Gasteiger partial charge in [-0.05, 0) is 29.7 Å². The van der Waals surface area contributed by atoms with Crippen LogP contribution in [0.1, 0.15) is 43.5 Å². The van der Waals surface area contributed by atoms with Gasteiger partial charge < -0.3 is 9.15 Å². The van der Waals surface area contributed by atoms with Crippen molar-refractivity contribution in [2.24, 2.45) is 0 Å². The largest absolute Gasteiger partial charge is 0.497 e. The quantitative estimate of drug-likeness (QED) is 0.845. The summed E-state index contributed by atoms with van der Waals surface area (Å²) in [6.45, 7) is 6.71. The van der Waals surface area contributed by atoms with Gasteiger partial charge in [0.25, 0.3) is 0 Å². The van der Waals surface area contributed by atoms with Crippen LogP contribution in [-0.4, -0.2) is 35.3 Å². The molecular formula is C18H23N3O2. The van der Waals surface area contributed by atoms with Gasteiger partial charge in [0.2, 0.25) is 11.8 Å². The third-order valence-corrected chi connectivity index (χ3v) is 4.07. The standard InChI is InChI=1S/C18H23N3O2/c1-13(2)18-20-19-17(23-18)12-21-9-7-14(8-10-21)15-5-4-6-16(11-15)22-3/h4-7,11,13H,8-10,12H2,1-3H3. The number of hydrogen-bond donors (Lipinski definition) is 0. The van der Waals surface area contributed by atoms with Gasteiger partial charge in [0.15, 0.2) is 0 Å². The van der Waals surface area contributed by atoms with Crippen molar-refractivity contribution in [2.75, 3.05) is 20.2 Å². The zero-order chi connectivity index (χ0) is 16.2. The van der Waals surface area contributed by atoms with Gasteiger partial charge >= 0.3 is 0 Å². The van der Waals surface area contributed by atoms with E-state index in [1.165, 1.54) is 11.1 Å². The van der Waals surface area contributed by atoms with Crippen molar-refractivity contribution >= 4 is 5.57 Å². The molecule has 2 aromatic rings. The van der Waals surface area contributed by atoms with Gasteiger partial charge in [0, 0.05) is 19.0 Å². The van der Waals surface area contributed by atoms with Gasteiger partial charge in [-0.2, -0.15) is 0 Å². The zero-order valence-electron chi connectivity index (χ0n) is 14.0. The fraction of sp³-hybridized carbons (Fsp3) is 0.444. The van der Waals surface area contributed by atoms with Crippen LogP contribution in [0.4, 0.5) is 0 Å². The molecule has 122 valence electrons. The Hall–Kier alpha value is -2.14. The Balaban J connectivity index is 1.63. The van der Waals surface area contributed by atoms with Crippen LogP contribution in [0.15, 0.2) is 34.8 Å². The predicted molar refractivity (Wildman–Crippen MR) is 89.3 cm³/mol. The first-order valence-electron chi connectivity index (χ1n) is 8.04. The molecule has 5 heteroatoms. The summed E-state index contributed by atoms with van der Waals surface area (Å²) in [6.07, 6.45) is 3.29. The fourth-order valence-corrected chi connectivity index (χ4v) is 2.69. The third-order valence-electron chi connectivity index (χ3n) is 4.07. The predicted octanol–water partition coefficient (Wildman–Crippen LogP) is 3.49. The lowest BCUT2D eigenvalue weighted by Gasteiger charge is -2.25. The van der Waals surface area contributed by atoms with Gasteiger partial charge in [0.05, 0.1) is 13.7 Å². The second kappa shape index (κ2) is 6.96. The molecule has 5 nitrogen and oxygen atoms in total. The van der Waals surface area contributed by atoms with Gasteiger partial charge in [-0.15, -0.1) is 10.2 Å². The summed E-state index contributed by atoms with van der Waals surface area (Å²) in [5.74, 6) is 2.59. The molecule has 23 heavy (non-hydrogen) atoms. The number of benzene rings is 1. The van der Waals surface area contributed by atoms with Gasteiger partial charge in [-0.25, -0.2) is 0 Å². The Kier molecular flexibility index (Phi) is 4.76.